The molecule has 1 atom stereocenters. The van der Waals surface area contributed by atoms with Gasteiger partial charge < -0.3 is 15.2 Å². The molecule has 76 valence electrons. The summed E-state index contributed by atoms with van der Waals surface area (Å²) in [6.45, 7) is 2.01. The minimum Gasteiger partial charge on any atom is -0.481 e. The van der Waals surface area contributed by atoms with Gasteiger partial charge in [0.25, 0.3) is 0 Å². The first-order valence-corrected chi connectivity index (χ1v) is 4.10. The molecule has 0 rings (SSSR count). The number of carboxylic acid groups (broad SMARTS) is 1. The van der Waals surface area contributed by atoms with Gasteiger partial charge in [-0.05, 0) is 13.3 Å². The summed E-state index contributed by atoms with van der Waals surface area (Å²) in [7, 11) is 1.45. The Balaban J connectivity index is 3.42. The summed E-state index contributed by atoms with van der Waals surface area (Å²) in [5, 5.41) is 10.9. The maximum Gasteiger partial charge on any atom is 0.303 e. The third-order valence-electron chi connectivity index (χ3n) is 1.59. The van der Waals surface area contributed by atoms with Crippen molar-refractivity contribution in [3.8, 4) is 0 Å². The van der Waals surface area contributed by atoms with Gasteiger partial charge in [0.05, 0.1) is 0 Å². The lowest BCUT2D eigenvalue weighted by atomic mass is 10.3. The second kappa shape index (κ2) is 6.42. The number of nitrogens with one attached hydrogen (secondary N) is 1. The predicted molar refractivity (Wildman–Crippen MR) is 46.4 cm³/mol. The molecule has 1 amide bonds. The highest BCUT2D eigenvalue weighted by Gasteiger charge is 2.09. The zero-order valence-electron chi connectivity index (χ0n) is 7.87. The summed E-state index contributed by atoms with van der Waals surface area (Å²) < 4.78 is 4.76. The predicted octanol–water partition coefficient (Wildman–Crippen LogP) is 0.00230. The molecule has 0 saturated heterocycles. The van der Waals surface area contributed by atoms with Crippen LogP contribution in [0, 0.1) is 0 Å². The van der Waals surface area contributed by atoms with Crippen LogP contribution in [0.3, 0.4) is 0 Å². The second-order valence-corrected chi connectivity index (χ2v) is 2.67. The average Bonchev–Trinajstić information content (AvgIpc) is 2.10. The van der Waals surface area contributed by atoms with Gasteiger partial charge in [0.15, 0.2) is 0 Å². The first-order valence-electron chi connectivity index (χ1n) is 4.10. The molecular formula is C8H15NO4. The highest BCUT2D eigenvalue weighted by Crippen LogP contribution is 1.89. The van der Waals surface area contributed by atoms with Crippen molar-refractivity contribution in [3.63, 3.8) is 0 Å². The monoisotopic (exact) mass is 189 g/mol. The van der Waals surface area contributed by atoms with Crippen molar-refractivity contribution >= 4 is 11.9 Å². The molecule has 0 heterocycles. The highest BCUT2D eigenvalue weighted by atomic mass is 16.5. The van der Waals surface area contributed by atoms with Crippen LogP contribution in [0.2, 0.25) is 0 Å². The van der Waals surface area contributed by atoms with E-state index in [2.05, 4.69) is 5.32 Å². The van der Waals surface area contributed by atoms with E-state index in [-0.39, 0.29) is 12.3 Å². The van der Waals surface area contributed by atoms with Crippen molar-refractivity contribution in [1.29, 1.82) is 0 Å². The molecule has 0 spiro atoms. The van der Waals surface area contributed by atoms with E-state index in [1.165, 1.54) is 7.11 Å². The summed E-state index contributed by atoms with van der Waals surface area (Å²) in [5.41, 5.74) is 0. The third kappa shape index (κ3) is 6.10. The van der Waals surface area contributed by atoms with E-state index in [0.717, 1.165) is 0 Å². The van der Waals surface area contributed by atoms with Crippen LogP contribution in [0.15, 0.2) is 0 Å². The van der Waals surface area contributed by atoms with Crippen LogP contribution in [0.1, 0.15) is 19.8 Å². The molecule has 5 nitrogen and oxygen atoms in total. The quantitative estimate of drug-likeness (QED) is 0.577. The molecule has 0 saturated carbocycles. The number of carboxylic acids is 1. The number of carbonyl (C=O) groups is 2. The van der Waals surface area contributed by atoms with Crippen molar-refractivity contribution in [2.75, 3.05) is 13.7 Å². The van der Waals surface area contributed by atoms with Gasteiger partial charge in [-0.2, -0.15) is 0 Å². The SMILES string of the molecule is COC(C)C(=O)NCCCC(=O)O. The maximum absolute atomic E-state index is 11.0. The Morgan fingerprint density at radius 2 is 2.15 bits per heavy atom. The first-order chi connectivity index (χ1) is 6.07. The van der Waals surface area contributed by atoms with Gasteiger partial charge in [-0.25, -0.2) is 0 Å². The number of hydrogen-bond acceptors (Lipinski definition) is 3. The zero-order valence-corrected chi connectivity index (χ0v) is 7.87. The molecule has 0 fully saturated rings. The van der Waals surface area contributed by atoms with Crippen LogP contribution in [0.4, 0.5) is 0 Å². The highest BCUT2D eigenvalue weighted by molar-refractivity contribution is 5.80. The average molecular weight is 189 g/mol. The fraction of sp³-hybridized carbons (Fsp3) is 0.750. The van der Waals surface area contributed by atoms with Crippen molar-refractivity contribution in [2.24, 2.45) is 0 Å². The number of rotatable bonds is 6. The van der Waals surface area contributed by atoms with Crippen LogP contribution in [-0.4, -0.2) is 36.7 Å². The third-order valence-corrected chi connectivity index (χ3v) is 1.59. The Kier molecular flexibility index (Phi) is 5.88. The lowest BCUT2D eigenvalue weighted by Crippen LogP contribution is -2.34. The fourth-order valence-corrected chi connectivity index (χ4v) is 0.702. The van der Waals surface area contributed by atoms with Crippen LogP contribution < -0.4 is 5.32 Å². The molecule has 0 aromatic rings. The fourth-order valence-electron chi connectivity index (χ4n) is 0.702. The van der Waals surface area contributed by atoms with Gasteiger partial charge in [0, 0.05) is 20.1 Å². The number of aliphatic carboxylic acids is 1. The normalized spacial score (nSPS) is 12.2. The lowest BCUT2D eigenvalue weighted by Gasteiger charge is -2.09. The Hall–Kier alpha value is -1.10. The molecule has 5 heteroatoms. The number of amides is 1. The smallest absolute Gasteiger partial charge is 0.303 e. The van der Waals surface area contributed by atoms with Gasteiger partial charge in [0.1, 0.15) is 6.10 Å². The molecule has 13 heavy (non-hydrogen) atoms. The molecule has 0 aromatic carbocycles. The molecule has 2 N–H and O–H groups in total. The van der Waals surface area contributed by atoms with Crippen molar-refractivity contribution < 1.29 is 19.4 Å². The summed E-state index contributed by atoms with van der Waals surface area (Å²) in [6.07, 6.45) is 0.0314. The summed E-state index contributed by atoms with van der Waals surface area (Å²) in [5.74, 6) is -1.07. The van der Waals surface area contributed by atoms with Gasteiger partial charge in [-0.3, -0.25) is 9.59 Å². The Morgan fingerprint density at radius 3 is 2.62 bits per heavy atom. The minimum absolute atomic E-state index is 0.0711. The number of methoxy groups -OCH3 is 1. The van der Waals surface area contributed by atoms with Gasteiger partial charge in [0.2, 0.25) is 5.91 Å². The van der Waals surface area contributed by atoms with Crippen molar-refractivity contribution in [1.82, 2.24) is 5.32 Å². The molecule has 0 aliphatic rings. The van der Waals surface area contributed by atoms with E-state index in [1.807, 2.05) is 0 Å². The summed E-state index contributed by atoms with van der Waals surface area (Å²) >= 11 is 0. The van der Waals surface area contributed by atoms with Crippen LogP contribution in [0.5, 0.6) is 0 Å². The van der Waals surface area contributed by atoms with Crippen molar-refractivity contribution in [2.45, 2.75) is 25.9 Å². The first kappa shape index (κ1) is 11.9. The lowest BCUT2D eigenvalue weighted by molar-refractivity contribution is -0.137. The van der Waals surface area contributed by atoms with E-state index >= 15 is 0 Å². The molecule has 1 unspecified atom stereocenters. The van der Waals surface area contributed by atoms with E-state index in [4.69, 9.17) is 9.84 Å². The van der Waals surface area contributed by atoms with Gasteiger partial charge >= 0.3 is 5.97 Å². The Bertz CT molecular complexity index is 181. The number of ether oxygens (including phenoxy) is 1. The van der Waals surface area contributed by atoms with E-state index in [0.29, 0.717) is 13.0 Å². The topological polar surface area (TPSA) is 75.6 Å². The van der Waals surface area contributed by atoms with E-state index < -0.39 is 12.1 Å². The van der Waals surface area contributed by atoms with Gasteiger partial charge in [-0.15, -0.1) is 0 Å². The van der Waals surface area contributed by atoms with E-state index in [1.54, 1.807) is 6.92 Å². The zero-order chi connectivity index (χ0) is 10.3. The molecule has 0 bridgehead atoms. The minimum atomic E-state index is -0.853. The molecule has 0 radical (unpaired) electrons. The van der Waals surface area contributed by atoms with E-state index in [9.17, 15) is 9.59 Å². The Labute approximate surface area is 77.1 Å². The van der Waals surface area contributed by atoms with Crippen LogP contribution >= 0.6 is 0 Å². The maximum atomic E-state index is 11.0. The molecular weight excluding hydrogens is 174 g/mol. The number of carbonyl (C=O) groups excluding carboxylic acids is 1. The second-order valence-electron chi connectivity index (χ2n) is 2.67. The molecule has 0 aromatic heterocycles. The van der Waals surface area contributed by atoms with Gasteiger partial charge in [-0.1, -0.05) is 0 Å². The van der Waals surface area contributed by atoms with Crippen LogP contribution in [-0.2, 0) is 14.3 Å². The molecule has 0 aliphatic carbocycles. The largest absolute Gasteiger partial charge is 0.481 e. The number of hydrogen-bond donors (Lipinski definition) is 2. The van der Waals surface area contributed by atoms with Crippen molar-refractivity contribution in [3.05, 3.63) is 0 Å². The summed E-state index contributed by atoms with van der Waals surface area (Å²) in [6, 6.07) is 0. The summed E-state index contributed by atoms with van der Waals surface area (Å²) in [4.78, 5) is 21.1. The Morgan fingerprint density at radius 1 is 1.54 bits per heavy atom. The standard InChI is InChI=1S/C8H15NO4/c1-6(13-2)8(12)9-5-3-4-7(10)11/h6H,3-5H2,1-2H3,(H,9,12)(H,10,11). The molecule has 0 aliphatic heterocycles. The van der Waals surface area contributed by atoms with Crippen LogP contribution in [0.25, 0.3) is 0 Å².